The highest BCUT2D eigenvalue weighted by Gasteiger charge is 2.35. The molecule has 7 heteroatoms. The molecule has 3 nitrogen and oxygen atoms in total. The minimum Gasteiger partial charge on any atom is -0.489 e. The average molecular weight is 340 g/mol. The predicted molar refractivity (Wildman–Crippen MR) is 83.5 cm³/mol. The lowest BCUT2D eigenvalue weighted by molar-refractivity contribution is -0.137. The average Bonchev–Trinajstić information content (AvgIpc) is 2.53. The number of nitrogens with one attached hydrogen (secondary N) is 1. The van der Waals surface area contributed by atoms with E-state index in [1.54, 1.807) is 13.0 Å². The number of hydrogen-bond donors (Lipinski definition) is 2. The van der Waals surface area contributed by atoms with Crippen molar-refractivity contribution < 1.29 is 22.3 Å². The third-order valence-electron chi connectivity index (χ3n) is 3.91. The molecule has 0 fully saturated rings. The van der Waals surface area contributed by atoms with Crippen molar-refractivity contribution in [3.8, 4) is 16.9 Å². The fourth-order valence-electron chi connectivity index (χ4n) is 2.75. The van der Waals surface area contributed by atoms with Crippen LogP contribution in [0.5, 0.6) is 5.75 Å². The molecule has 0 saturated heterocycles. The van der Waals surface area contributed by atoms with Crippen LogP contribution in [0.1, 0.15) is 11.1 Å². The molecule has 0 aromatic heterocycles. The van der Waals surface area contributed by atoms with Gasteiger partial charge in [-0.15, -0.1) is 0 Å². The van der Waals surface area contributed by atoms with Gasteiger partial charge in [-0.25, -0.2) is 4.39 Å². The summed E-state index contributed by atoms with van der Waals surface area (Å²) >= 11 is 0. The zero-order valence-electron chi connectivity index (χ0n) is 12.9. The predicted octanol–water partition coefficient (Wildman–Crippen LogP) is 3.95. The molecule has 2 aromatic carbocycles. The molecular formula is C17H16F4N2O. The first kappa shape index (κ1) is 16.6. The van der Waals surface area contributed by atoms with Gasteiger partial charge in [-0.3, -0.25) is 0 Å². The van der Waals surface area contributed by atoms with Crippen LogP contribution in [0.3, 0.4) is 0 Å². The smallest absolute Gasteiger partial charge is 0.417 e. The van der Waals surface area contributed by atoms with E-state index in [-0.39, 0.29) is 36.1 Å². The van der Waals surface area contributed by atoms with Crippen molar-refractivity contribution in [1.82, 2.24) is 0 Å². The van der Waals surface area contributed by atoms with Crippen molar-refractivity contribution >= 4 is 5.69 Å². The van der Waals surface area contributed by atoms with Crippen molar-refractivity contribution in [3.05, 3.63) is 47.3 Å². The van der Waals surface area contributed by atoms with Gasteiger partial charge >= 0.3 is 6.18 Å². The molecule has 3 rings (SSSR count). The molecular weight excluding hydrogens is 324 g/mol. The summed E-state index contributed by atoms with van der Waals surface area (Å²) in [5.41, 5.74) is 5.59. The second-order valence-corrected chi connectivity index (χ2v) is 5.76. The summed E-state index contributed by atoms with van der Waals surface area (Å²) < 4.78 is 59.6. The van der Waals surface area contributed by atoms with E-state index >= 15 is 0 Å². The molecule has 1 unspecified atom stereocenters. The lowest BCUT2D eigenvalue weighted by Crippen LogP contribution is -2.38. The molecule has 0 spiro atoms. The molecule has 0 aliphatic carbocycles. The summed E-state index contributed by atoms with van der Waals surface area (Å²) in [6.45, 7) is 2.05. The van der Waals surface area contributed by atoms with Gasteiger partial charge in [0.25, 0.3) is 0 Å². The number of fused-ring (bicyclic) bond motifs is 1. The maximum absolute atomic E-state index is 13.9. The number of benzene rings is 2. The zero-order valence-corrected chi connectivity index (χ0v) is 12.9. The number of hydrogen-bond acceptors (Lipinski definition) is 3. The largest absolute Gasteiger partial charge is 0.489 e. The highest BCUT2D eigenvalue weighted by Crippen LogP contribution is 2.44. The molecule has 1 atom stereocenters. The van der Waals surface area contributed by atoms with Crippen LogP contribution in [0.4, 0.5) is 23.2 Å². The monoisotopic (exact) mass is 340 g/mol. The molecule has 24 heavy (non-hydrogen) atoms. The summed E-state index contributed by atoms with van der Waals surface area (Å²) in [5, 5.41) is 3.05. The Balaban J connectivity index is 2.23. The second kappa shape index (κ2) is 5.98. The minimum atomic E-state index is -4.55. The fraction of sp³-hybridized carbons (Fsp3) is 0.294. The van der Waals surface area contributed by atoms with Crippen LogP contribution in [0.25, 0.3) is 11.1 Å². The Bertz CT molecular complexity index is 774. The summed E-state index contributed by atoms with van der Waals surface area (Å²) in [5.74, 6) is -0.478. The molecule has 0 bridgehead atoms. The molecule has 1 aliphatic heterocycles. The molecule has 128 valence electrons. The third-order valence-corrected chi connectivity index (χ3v) is 3.91. The number of nitrogens with two attached hydrogens (primary N) is 1. The molecule has 1 aliphatic rings. The van der Waals surface area contributed by atoms with Gasteiger partial charge in [0.2, 0.25) is 0 Å². The first-order valence-corrected chi connectivity index (χ1v) is 7.40. The van der Waals surface area contributed by atoms with E-state index in [0.717, 1.165) is 18.2 Å². The van der Waals surface area contributed by atoms with E-state index in [9.17, 15) is 17.6 Å². The Morgan fingerprint density at radius 1 is 1.21 bits per heavy atom. The van der Waals surface area contributed by atoms with E-state index in [2.05, 4.69) is 5.32 Å². The number of ether oxygens (including phenoxy) is 1. The molecule has 2 aromatic rings. The lowest BCUT2D eigenvalue weighted by atomic mass is 9.95. The molecule has 3 N–H and O–H groups in total. The summed E-state index contributed by atoms with van der Waals surface area (Å²) in [7, 11) is 0. The number of rotatable bonds is 2. The Morgan fingerprint density at radius 3 is 2.62 bits per heavy atom. The maximum Gasteiger partial charge on any atom is 0.417 e. The first-order chi connectivity index (χ1) is 11.3. The molecule has 0 saturated carbocycles. The van der Waals surface area contributed by atoms with Crippen LogP contribution >= 0.6 is 0 Å². The van der Waals surface area contributed by atoms with Crippen LogP contribution in [-0.4, -0.2) is 19.2 Å². The summed E-state index contributed by atoms with van der Waals surface area (Å²) in [4.78, 5) is 0. The number of halogens is 4. The van der Waals surface area contributed by atoms with Crippen LogP contribution in [0.15, 0.2) is 30.3 Å². The third kappa shape index (κ3) is 3.03. The Kier molecular flexibility index (Phi) is 4.13. The van der Waals surface area contributed by atoms with E-state index < -0.39 is 17.6 Å². The Labute approximate surface area is 136 Å². The topological polar surface area (TPSA) is 47.3 Å². The van der Waals surface area contributed by atoms with Crippen LogP contribution in [-0.2, 0) is 6.18 Å². The number of alkyl halides is 3. The van der Waals surface area contributed by atoms with Gasteiger partial charge in [0.05, 0.1) is 17.3 Å². The standard InChI is InChI=1S/C17H16F4N2O/c1-9-2-3-12(14(4-9)17(19,20)21)13-5-10(18)6-15-16(13)23-11(7-22)8-24-15/h2-6,11,23H,7-8,22H2,1H3. The van der Waals surface area contributed by atoms with Gasteiger partial charge in [-0.05, 0) is 24.6 Å². The zero-order chi connectivity index (χ0) is 17.5. The maximum atomic E-state index is 13.9. The highest BCUT2D eigenvalue weighted by atomic mass is 19.4. The highest BCUT2D eigenvalue weighted by molar-refractivity contribution is 5.85. The Hall–Kier alpha value is -2.28. The number of anilines is 1. The fourth-order valence-corrected chi connectivity index (χ4v) is 2.75. The van der Waals surface area contributed by atoms with Crippen molar-refractivity contribution in [1.29, 1.82) is 0 Å². The summed E-state index contributed by atoms with van der Waals surface area (Å²) in [6, 6.07) is 5.94. The lowest BCUT2D eigenvalue weighted by Gasteiger charge is -2.29. The van der Waals surface area contributed by atoms with Crippen molar-refractivity contribution in [3.63, 3.8) is 0 Å². The van der Waals surface area contributed by atoms with Crippen LogP contribution in [0.2, 0.25) is 0 Å². The van der Waals surface area contributed by atoms with Gasteiger partial charge in [0.1, 0.15) is 18.2 Å². The minimum absolute atomic E-state index is 0.0994. The molecule has 0 radical (unpaired) electrons. The Morgan fingerprint density at radius 2 is 1.96 bits per heavy atom. The molecule has 1 heterocycles. The van der Waals surface area contributed by atoms with Gasteiger partial charge in [-0.1, -0.05) is 17.7 Å². The van der Waals surface area contributed by atoms with Crippen LogP contribution in [0, 0.1) is 12.7 Å². The van der Waals surface area contributed by atoms with E-state index in [0.29, 0.717) is 11.3 Å². The normalized spacial score (nSPS) is 17.0. The van der Waals surface area contributed by atoms with Crippen molar-refractivity contribution in [2.75, 3.05) is 18.5 Å². The second-order valence-electron chi connectivity index (χ2n) is 5.76. The van der Waals surface area contributed by atoms with E-state index in [1.807, 2.05) is 0 Å². The van der Waals surface area contributed by atoms with Crippen molar-refractivity contribution in [2.24, 2.45) is 5.73 Å². The van der Waals surface area contributed by atoms with Crippen molar-refractivity contribution in [2.45, 2.75) is 19.1 Å². The van der Waals surface area contributed by atoms with Crippen LogP contribution < -0.4 is 15.8 Å². The first-order valence-electron chi connectivity index (χ1n) is 7.40. The molecule has 0 amide bonds. The van der Waals surface area contributed by atoms with Gasteiger partial charge < -0.3 is 15.8 Å². The van der Waals surface area contributed by atoms with Gasteiger partial charge in [-0.2, -0.15) is 13.2 Å². The van der Waals surface area contributed by atoms with Gasteiger partial charge in [0.15, 0.2) is 0 Å². The van der Waals surface area contributed by atoms with Gasteiger partial charge in [0, 0.05) is 18.2 Å². The quantitative estimate of drug-likeness (QED) is 0.814. The summed E-state index contributed by atoms with van der Waals surface area (Å²) in [6.07, 6.45) is -4.55. The SMILES string of the molecule is Cc1ccc(-c2cc(F)cc3c2NC(CN)CO3)c(C(F)(F)F)c1. The van der Waals surface area contributed by atoms with E-state index in [4.69, 9.17) is 10.5 Å². The van der Waals surface area contributed by atoms with E-state index in [1.165, 1.54) is 6.07 Å². The number of aryl methyl sites for hydroxylation is 1.